The lowest BCUT2D eigenvalue weighted by molar-refractivity contribution is 0.328. The molecule has 1 unspecified atom stereocenters. The molecule has 0 heterocycles. The van der Waals surface area contributed by atoms with E-state index in [2.05, 4.69) is 37.5 Å². The Labute approximate surface area is 111 Å². The molecule has 0 amide bonds. The van der Waals surface area contributed by atoms with Crippen LogP contribution in [0.1, 0.15) is 61.3 Å². The molecule has 1 aromatic carbocycles. The molecule has 2 heteroatoms. The zero-order valence-electron chi connectivity index (χ0n) is 11.7. The highest BCUT2D eigenvalue weighted by Gasteiger charge is 2.24. The molecule has 2 rings (SSSR count). The lowest BCUT2D eigenvalue weighted by Gasteiger charge is -2.27. The highest BCUT2D eigenvalue weighted by atomic mass is 15.2. The van der Waals surface area contributed by atoms with Crippen molar-refractivity contribution in [3.8, 4) is 0 Å². The van der Waals surface area contributed by atoms with Crippen LogP contribution >= 0.6 is 0 Å². The van der Waals surface area contributed by atoms with Crippen molar-refractivity contribution in [2.75, 3.05) is 0 Å². The Morgan fingerprint density at radius 1 is 1.11 bits per heavy atom. The second-order valence-electron chi connectivity index (χ2n) is 5.69. The topological polar surface area (TPSA) is 38.0 Å². The van der Waals surface area contributed by atoms with Crippen molar-refractivity contribution in [3.63, 3.8) is 0 Å². The largest absolute Gasteiger partial charge is 0.271 e. The quantitative estimate of drug-likeness (QED) is 0.484. The zero-order valence-corrected chi connectivity index (χ0v) is 11.7. The number of hydrogen-bond donors (Lipinski definition) is 2. The molecule has 0 spiro atoms. The van der Waals surface area contributed by atoms with E-state index < -0.39 is 0 Å². The smallest absolute Gasteiger partial charge is 0.0490 e. The predicted octanol–water partition coefficient (Wildman–Crippen LogP) is 3.78. The highest BCUT2D eigenvalue weighted by Crippen LogP contribution is 2.34. The number of nitrogens with two attached hydrogens (primary N) is 1. The summed E-state index contributed by atoms with van der Waals surface area (Å²) in [5, 5.41) is 0. The average Bonchev–Trinajstić information content (AvgIpc) is 2.64. The molecule has 1 atom stereocenters. The van der Waals surface area contributed by atoms with Gasteiger partial charge in [-0.25, -0.2) is 0 Å². The molecule has 1 aromatic rings. The molecule has 1 aliphatic rings. The summed E-state index contributed by atoms with van der Waals surface area (Å²) in [7, 11) is 0. The van der Waals surface area contributed by atoms with Crippen LogP contribution in [-0.2, 0) is 0 Å². The molecule has 0 saturated heterocycles. The van der Waals surface area contributed by atoms with Crippen LogP contribution < -0.4 is 11.3 Å². The Hall–Kier alpha value is -0.860. The third-order valence-electron chi connectivity index (χ3n) is 4.53. The highest BCUT2D eigenvalue weighted by molar-refractivity contribution is 5.35. The van der Waals surface area contributed by atoms with Gasteiger partial charge in [0.2, 0.25) is 0 Å². The maximum Gasteiger partial charge on any atom is 0.0490 e. The molecule has 1 aliphatic carbocycles. The number of aryl methyl sites for hydroxylation is 1. The van der Waals surface area contributed by atoms with Gasteiger partial charge in [0.05, 0.1) is 0 Å². The number of hydrogen-bond acceptors (Lipinski definition) is 2. The average molecular weight is 246 g/mol. The van der Waals surface area contributed by atoms with Crippen molar-refractivity contribution in [2.24, 2.45) is 11.8 Å². The van der Waals surface area contributed by atoms with Gasteiger partial charge in [-0.3, -0.25) is 11.3 Å². The first-order valence-corrected chi connectivity index (χ1v) is 7.26. The van der Waals surface area contributed by atoms with Crippen LogP contribution in [0, 0.1) is 19.8 Å². The van der Waals surface area contributed by atoms with E-state index >= 15 is 0 Å². The lowest BCUT2D eigenvalue weighted by Crippen LogP contribution is -2.34. The van der Waals surface area contributed by atoms with E-state index in [0.29, 0.717) is 12.0 Å². The van der Waals surface area contributed by atoms with Crippen LogP contribution in [0.15, 0.2) is 18.2 Å². The van der Waals surface area contributed by atoms with Crippen molar-refractivity contribution < 1.29 is 0 Å². The standard InChI is InChI=1S/C16H26N2/c1-12-8-7-11-15(13(12)2)16(18-17)14-9-5-3-4-6-10-14/h7-8,11,14,16,18H,3-6,9-10,17H2,1-2H3. The molecule has 1 fully saturated rings. The first-order valence-electron chi connectivity index (χ1n) is 7.26. The van der Waals surface area contributed by atoms with Crippen molar-refractivity contribution in [2.45, 2.75) is 58.4 Å². The Balaban J connectivity index is 2.23. The van der Waals surface area contributed by atoms with Crippen molar-refractivity contribution in [1.82, 2.24) is 5.43 Å². The molecule has 2 nitrogen and oxygen atoms in total. The van der Waals surface area contributed by atoms with Crippen LogP contribution in [0.4, 0.5) is 0 Å². The summed E-state index contributed by atoms with van der Waals surface area (Å²) in [6.45, 7) is 4.39. The fourth-order valence-corrected chi connectivity index (χ4v) is 3.23. The summed E-state index contributed by atoms with van der Waals surface area (Å²) in [5.74, 6) is 6.55. The van der Waals surface area contributed by atoms with Crippen LogP contribution in [0.5, 0.6) is 0 Å². The maximum atomic E-state index is 5.86. The Kier molecular flexibility index (Phi) is 4.79. The Bertz CT molecular complexity index is 379. The predicted molar refractivity (Wildman–Crippen MR) is 77.2 cm³/mol. The van der Waals surface area contributed by atoms with Gasteiger partial charge in [0, 0.05) is 6.04 Å². The van der Waals surface area contributed by atoms with E-state index in [9.17, 15) is 0 Å². The van der Waals surface area contributed by atoms with E-state index in [1.165, 1.54) is 55.2 Å². The molecule has 0 bridgehead atoms. The minimum Gasteiger partial charge on any atom is -0.271 e. The Morgan fingerprint density at radius 2 is 1.78 bits per heavy atom. The monoisotopic (exact) mass is 246 g/mol. The second kappa shape index (κ2) is 6.35. The van der Waals surface area contributed by atoms with Gasteiger partial charge in [-0.15, -0.1) is 0 Å². The van der Waals surface area contributed by atoms with Gasteiger partial charge in [-0.1, -0.05) is 43.9 Å². The van der Waals surface area contributed by atoms with Gasteiger partial charge in [0.15, 0.2) is 0 Å². The summed E-state index contributed by atoms with van der Waals surface area (Å²) >= 11 is 0. The fourth-order valence-electron chi connectivity index (χ4n) is 3.23. The van der Waals surface area contributed by atoms with Crippen LogP contribution in [0.2, 0.25) is 0 Å². The fraction of sp³-hybridized carbons (Fsp3) is 0.625. The van der Waals surface area contributed by atoms with Crippen LogP contribution in [-0.4, -0.2) is 0 Å². The summed E-state index contributed by atoms with van der Waals surface area (Å²) in [4.78, 5) is 0. The molecular weight excluding hydrogens is 220 g/mol. The van der Waals surface area contributed by atoms with Crippen LogP contribution in [0.3, 0.4) is 0 Å². The van der Waals surface area contributed by atoms with E-state index in [4.69, 9.17) is 5.84 Å². The maximum absolute atomic E-state index is 5.86. The Morgan fingerprint density at radius 3 is 2.39 bits per heavy atom. The molecular formula is C16H26N2. The van der Waals surface area contributed by atoms with Gasteiger partial charge in [-0.05, 0) is 49.3 Å². The normalized spacial score (nSPS) is 19.5. The summed E-state index contributed by atoms with van der Waals surface area (Å²) in [5.41, 5.74) is 7.23. The second-order valence-corrected chi connectivity index (χ2v) is 5.69. The summed E-state index contributed by atoms with van der Waals surface area (Å²) in [6, 6.07) is 6.89. The minimum absolute atomic E-state index is 0.322. The van der Waals surface area contributed by atoms with E-state index in [-0.39, 0.29) is 0 Å². The molecule has 100 valence electrons. The summed E-state index contributed by atoms with van der Waals surface area (Å²) in [6.07, 6.45) is 8.10. The SMILES string of the molecule is Cc1cccc(C(NN)C2CCCCCC2)c1C. The number of nitrogens with one attached hydrogen (secondary N) is 1. The molecule has 0 radical (unpaired) electrons. The van der Waals surface area contributed by atoms with E-state index in [1.807, 2.05) is 0 Å². The van der Waals surface area contributed by atoms with Gasteiger partial charge < -0.3 is 0 Å². The molecule has 0 aromatic heterocycles. The first kappa shape index (κ1) is 13.6. The van der Waals surface area contributed by atoms with Gasteiger partial charge in [0.1, 0.15) is 0 Å². The number of benzene rings is 1. The molecule has 3 N–H and O–H groups in total. The first-order chi connectivity index (χ1) is 8.74. The third kappa shape index (κ3) is 2.93. The van der Waals surface area contributed by atoms with Crippen molar-refractivity contribution in [1.29, 1.82) is 0 Å². The van der Waals surface area contributed by atoms with Gasteiger partial charge in [0.25, 0.3) is 0 Å². The minimum atomic E-state index is 0.322. The van der Waals surface area contributed by atoms with E-state index in [1.54, 1.807) is 0 Å². The summed E-state index contributed by atoms with van der Waals surface area (Å²) < 4.78 is 0. The van der Waals surface area contributed by atoms with Gasteiger partial charge >= 0.3 is 0 Å². The number of hydrazine groups is 1. The van der Waals surface area contributed by atoms with E-state index in [0.717, 1.165) is 0 Å². The molecule has 0 aliphatic heterocycles. The van der Waals surface area contributed by atoms with Crippen molar-refractivity contribution >= 4 is 0 Å². The third-order valence-corrected chi connectivity index (χ3v) is 4.53. The lowest BCUT2D eigenvalue weighted by atomic mass is 9.85. The van der Waals surface area contributed by atoms with Gasteiger partial charge in [-0.2, -0.15) is 0 Å². The molecule has 18 heavy (non-hydrogen) atoms. The molecule has 1 saturated carbocycles. The van der Waals surface area contributed by atoms with Crippen LogP contribution in [0.25, 0.3) is 0 Å². The van der Waals surface area contributed by atoms with Crippen molar-refractivity contribution in [3.05, 3.63) is 34.9 Å². The zero-order chi connectivity index (χ0) is 13.0. The number of rotatable bonds is 3.